The van der Waals surface area contributed by atoms with Gasteiger partial charge in [0.15, 0.2) is 0 Å². The van der Waals surface area contributed by atoms with Gasteiger partial charge in [0.1, 0.15) is 0 Å². The number of rotatable bonds is 3. The molecule has 0 unspecified atom stereocenters. The molecule has 1 aliphatic rings. The second-order valence-corrected chi connectivity index (χ2v) is 5.67. The van der Waals surface area contributed by atoms with E-state index in [9.17, 15) is 4.79 Å². The van der Waals surface area contributed by atoms with Crippen LogP contribution < -0.4 is 5.32 Å². The first kappa shape index (κ1) is 14.4. The van der Waals surface area contributed by atoms with Crippen molar-refractivity contribution < 1.29 is 4.79 Å². The fraction of sp³-hybridized carbons (Fsp3) is 0.105. The summed E-state index contributed by atoms with van der Waals surface area (Å²) in [6.07, 6.45) is 10.1. The number of amides is 1. The number of aromatic nitrogens is 3. The third-order valence-corrected chi connectivity index (χ3v) is 4.03. The molecule has 0 spiro atoms. The molecule has 3 aromatic rings. The predicted octanol–water partition coefficient (Wildman–Crippen LogP) is 2.93. The van der Waals surface area contributed by atoms with Crippen molar-refractivity contribution in [3.05, 3.63) is 71.4 Å². The van der Waals surface area contributed by atoms with Gasteiger partial charge in [-0.2, -0.15) is 0 Å². The second-order valence-electron chi connectivity index (χ2n) is 5.67. The van der Waals surface area contributed by atoms with Crippen LogP contribution in [0.3, 0.4) is 0 Å². The van der Waals surface area contributed by atoms with Crippen LogP contribution in [0.5, 0.6) is 0 Å². The summed E-state index contributed by atoms with van der Waals surface area (Å²) in [5, 5.41) is 2.86. The molecule has 4 rings (SSSR count). The SMILES string of the molecule is O=C1NCCc2[nH]c(-c3ccnc(C=Cc4cccnc4)c3)cc21. The molecule has 0 bridgehead atoms. The number of H-pyrrole nitrogens is 1. The third-order valence-electron chi connectivity index (χ3n) is 4.03. The molecule has 5 nitrogen and oxygen atoms in total. The summed E-state index contributed by atoms with van der Waals surface area (Å²) in [6.45, 7) is 0.682. The zero-order valence-electron chi connectivity index (χ0n) is 13.0. The number of carbonyl (C=O) groups is 1. The first-order chi connectivity index (χ1) is 11.8. The molecule has 24 heavy (non-hydrogen) atoms. The molecule has 0 aliphatic carbocycles. The van der Waals surface area contributed by atoms with Gasteiger partial charge in [-0.15, -0.1) is 0 Å². The Balaban J connectivity index is 1.63. The molecule has 1 aliphatic heterocycles. The van der Waals surface area contributed by atoms with E-state index in [0.29, 0.717) is 6.54 Å². The molecule has 0 saturated heterocycles. The molecule has 2 N–H and O–H groups in total. The Morgan fingerprint density at radius 3 is 2.92 bits per heavy atom. The standard InChI is InChI=1S/C19H16N4O/c24-19-16-11-18(23-17(16)6-9-22-19)14-5-8-21-15(10-14)4-3-13-2-1-7-20-12-13/h1-5,7-8,10-12,23H,6,9H2,(H,22,24). The number of pyridine rings is 2. The summed E-state index contributed by atoms with van der Waals surface area (Å²) in [6, 6.07) is 9.75. The van der Waals surface area contributed by atoms with Crippen LogP contribution in [0, 0.1) is 0 Å². The summed E-state index contributed by atoms with van der Waals surface area (Å²) in [5.74, 6) is -0.00972. The van der Waals surface area contributed by atoms with E-state index in [1.54, 1.807) is 18.6 Å². The van der Waals surface area contributed by atoms with Gasteiger partial charge in [-0.3, -0.25) is 14.8 Å². The summed E-state index contributed by atoms with van der Waals surface area (Å²) >= 11 is 0. The fourth-order valence-corrected chi connectivity index (χ4v) is 2.81. The third kappa shape index (κ3) is 2.84. The number of carbonyl (C=O) groups excluding carboxylic acids is 1. The molecule has 0 radical (unpaired) electrons. The molecule has 0 aromatic carbocycles. The molecular weight excluding hydrogens is 300 g/mol. The van der Waals surface area contributed by atoms with Gasteiger partial charge in [-0.1, -0.05) is 12.1 Å². The fourth-order valence-electron chi connectivity index (χ4n) is 2.81. The highest BCUT2D eigenvalue weighted by Crippen LogP contribution is 2.24. The highest BCUT2D eigenvalue weighted by Gasteiger charge is 2.19. The monoisotopic (exact) mass is 316 g/mol. The van der Waals surface area contributed by atoms with E-state index in [0.717, 1.165) is 40.2 Å². The molecule has 4 heterocycles. The number of hydrogen-bond acceptors (Lipinski definition) is 3. The minimum absolute atomic E-state index is 0.00972. The molecule has 0 fully saturated rings. The predicted molar refractivity (Wildman–Crippen MR) is 93.2 cm³/mol. The van der Waals surface area contributed by atoms with Gasteiger partial charge in [0.05, 0.1) is 11.3 Å². The van der Waals surface area contributed by atoms with Crippen molar-refractivity contribution in [3.63, 3.8) is 0 Å². The Labute approximate surface area is 139 Å². The van der Waals surface area contributed by atoms with Crippen LogP contribution in [-0.2, 0) is 6.42 Å². The molecule has 118 valence electrons. The van der Waals surface area contributed by atoms with E-state index in [1.165, 1.54) is 0 Å². The number of aromatic amines is 1. The smallest absolute Gasteiger partial charge is 0.253 e. The van der Waals surface area contributed by atoms with Crippen molar-refractivity contribution in [3.8, 4) is 11.3 Å². The molecule has 0 saturated carbocycles. The minimum atomic E-state index is -0.00972. The van der Waals surface area contributed by atoms with E-state index in [4.69, 9.17) is 0 Å². The van der Waals surface area contributed by atoms with Gasteiger partial charge < -0.3 is 10.3 Å². The van der Waals surface area contributed by atoms with Crippen LogP contribution in [0.15, 0.2) is 48.9 Å². The van der Waals surface area contributed by atoms with E-state index in [-0.39, 0.29) is 5.91 Å². The van der Waals surface area contributed by atoms with Crippen molar-refractivity contribution in [1.82, 2.24) is 20.3 Å². The van der Waals surface area contributed by atoms with E-state index >= 15 is 0 Å². The Morgan fingerprint density at radius 1 is 1.12 bits per heavy atom. The van der Waals surface area contributed by atoms with Crippen molar-refractivity contribution in [2.75, 3.05) is 6.54 Å². The maximum Gasteiger partial charge on any atom is 0.253 e. The van der Waals surface area contributed by atoms with Crippen LogP contribution in [0.2, 0.25) is 0 Å². The van der Waals surface area contributed by atoms with Gasteiger partial charge in [-0.05, 0) is 35.9 Å². The van der Waals surface area contributed by atoms with E-state index in [2.05, 4.69) is 20.3 Å². The number of fused-ring (bicyclic) bond motifs is 1. The quantitative estimate of drug-likeness (QED) is 0.780. The van der Waals surface area contributed by atoms with Crippen LogP contribution >= 0.6 is 0 Å². The maximum absolute atomic E-state index is 11.9. The Hall–Kier alpha value is -3.21. The first-order valence-electron chi connectivity index (χ1n) is 7.84. The average Bonchev–Trinajstić information content (AvgIpc) is 3.07. The van der Waals surface area contributed by atoms with Gasteiger partial charge in [0.25, 0.3) is 5.91 Å². The lowest BCUT2D eigenvalue weighted by Crippen LogP contribution is -2.31. The lowest BCUT2D eigenvalue weighted by Gasteiger charge is -2.10. The van der Waals surface area contributed by atoms with Crippen molar-refractivity contribution in [2.45, 2.75) is 6.42 Å². The molecular formula is C19H16N4O. The van der Waals surface area contributed by atoms with E-state index in [1.807, 2.05) is 42.5 Å². The van der Waals surface area contributed by atoms with Crippen molar-refractivity contribution >= 4 is 18.1 Å². The van der Waals surface area contributed by atoms with Crippen LogP contribution in [-0.4, -0.2) is 27.4 Å². The van der Waals surface area contributed by atoms with Gasteiger partial charge in [0.2, 0.25) is 0 Å². The van der Waals surface area contributed by atoms with Crippen LogP contribution in [0.1, 0.15) is 27.3 Å². The Morgan fingerprint density at radius 2 is 2.08 bits per heavy atom. The zero-order valence-corrected chi connectivity index (χ0v) is 13.0. The Kier molecular flexibility index (Phi) is 3.67. The largest absolute Gasteiger partial charge is 0.358 e. The molecule has 1 amide bonds. The number of hydrogen-bond donors (Lipinski definition) is 2. The highest BCUT2D eigenvalue weighted by molar-refractivity contribution is 5.97. The topological polar surface area (TPSA) is 70.7 Å². The number of nitrogens with zero attached hydrogens (tertiary/aromatic N) is 2. The summed E-state index contributed by atoms with van der Waals surface area (Å²) < 4.78 is 0. The summed E-state index contributed by atoms with van der Waals surface area (Å²) in [7, 11) is 0. The zero-order chi connectivity index (χ0) is 16.4. The second kappa shape index (κ2) is 6.12. The van der Waals surface area contributed by atoms with Gasteiger partial charge >= 0.3 is 0 Å². The van der Waals surface area contributed by atoms with Crippen LogP contribution in [0.25, 0.3) is 23.4 Å². The van der Waals surface area contributed by atoms with Gasteiger partial charge in [-0.25, -0.2) is 0 Å². The first-order valence-corrected chi connectivity index (χ1v) is 7.84. The lowest BCUT2D eigenvalue weighted by atomic mass is 10.1. The minimum Gasteiger partial charge on any atom is -0.358 e. The van der Waals surface area contributed by atoms with Gasteiger partial charge in [0, 0.05) is 48.5 Å². The molecule has 0 atom stereocenters. The summed E-state index contributed by atoms with van der Waals surface area (Å²) in [4.78, 5) is 23.7. The molecule has 5 heteroatoms. The Bertz CT molecular complexity index is 912. The van der Waals surface area contributed by atoms with Crippen molar-refractivity contribution in [2.24, 2.45) is 0 Å². The van der Waals surface area contributed by atoms with Crippen molar-refractivity contribution in [1.29, 1.82) is 0 Å². The maximum atomic E-state index is 11.9. The van der Waals surface area contributed by atoms with E-state index < -0.39 is 0 Å². The number of nitrogens with one attached hydrogen (secondary N) is 2. The lowest BCUT2D eigenvalue weighted by molar-refractivity contribution is 0.0946. The average molecular weight is 316 g/mol. The normalized spacial score (nSPS) is 13.8. The highest BCUT2D eigenvalue weighted by atomic mass is 16.1. The van der Waals surface area contributed by atoms with Crippen LogP contribution in [0.4, 0.5) is 0 Å². The molecule has 3 aromatic heterocycles. The summed E-state index contributed by atoms with van der Waals surface area (Å²) in [5.41, 5.74) is 5.57.